The van der Waals surface area contributed by atoms with E-state index >= 15 is 0 Å². The van der Waals surface area contributed by atoms with E-state index in [2.05, 4.69) is 14.7 Å². The number of aryl methyl sites for hydroxylation is 2. The fourth-order valence-electron chi connectivity index (χ4n) is 1.44. The summed E-state index contributed by atoms with van der Waals surface area (Å²) in [5, 5.41) is 3.04. The monoisotopic (exact) mass is 267 g/mol. The Kier molecular flexibility index (Phi) is 3.40. The number of nitrogens with zero attached hydrogens (tertiary/aromatic N) is 2. The Morgan fingerprint density at radius 2 is 2.12 bits per heavy atom. The molecular formula is C11H10ClN3OS. The van der Waals surface area contributed by atoms with Gasteiger partial charge in [0.05, 0.1) is 0 Å². The molecule has 0 radical (unpaired) electrons. The molecule has 0 fully saturated rings. The van der Waals surface area contributed by atoms with Gasteiger partial charge in [-0.25, -0.2) is 4.98 Å². The third kappa shape index (κ3) is 3.01. The van der Waals surface area contributed by atoms with Crippen molar-refractivity contribution in [3.63, 3.8) is 0 Å². The van der Waals surface area contributed by atoms with E-state index in [1.165, 1.54) is 6.07 Å². The molecule has 0 aliphatic carbocycles. The first-order chi connectivity index (χ1) is 8.04. The first kappa shape index (κ1) is 12.0. The van der Waals surface area contributed by atoms with Crippen molar-refractivity contribution in [2.45, 2.75) is 13.8 Å². The Morgan fingerprint density at radius 1 is 1.35 bits per heavy atom. The first-order valence-electron chi connectivity index (χ1n) is 4.93. The van der Waals surface area contributed by atoms with Crippen molar-refractivity contribution in [3.8, 4) is 0 Å². The van der Waals surface area contributed by atoms with E-state index in [-0.39, 0.29) is 5.91 Å². The lowest BCUT2D eigenvalue weighted by atomic mass is 10.2. The van der Waals surface area contributed by atoms with Crippen LogP contribution in [0.25, 0.3) is 0 Å². The number of hydrogen-bond donors (Lipinski definition) is 1. The topological polar surface area (TPSA) is 54.9 Å². The number of aromatic nitrogens is 2. The standard InChI is InChI=1S/C11H10ClN3OS/c1-6-3-7(2)13-10(4-6)14-11(16)8-5-9(12)15-17-8/h3-5H,1-2H3,(H,13,14,16). The lowest BCUT2D eigenvalue weighted by Crippen LogP contribution is -2.11. The van der Waals surface area contributed by atoms with E-state index in [0.29, 0.717) is 15.8 Å². The van der Waals surface area contributed by atoms with Crippen molar-refractivity contribution in [1.82, 2.24) is 9.36 Å². The van der Waals surface area contributed by atoms with Gasteiger partial charge in [-0.1, -0.05) is 11.6 Å². The molecule has 0 bridgehead atoms. The van der Waals surface area contributed by atoms with Gasteiger partial charge in [-0.05, 0) is 43.1 Å². The van der Waals surface area contributed by atoms with Gasteiger partial charge < -0.3 is 5.32 Å². The fraction of sp³-hybridized carbons (Fsp3) is 0.182. The van der Waals surface area contributed by atoms with Crippen molar-refractivity contribution in [1.29, 1.82) is 0 Å². The van der Waals surface area contributed by atoms with Crippen molar-refractivity contribution < 1.29 is 4.79 Å². The number of halogens is 1. The molecule has 2 aromatic heterocycles. The molecule has 0 unspecified atom stereocenters. The molecule has 0 atom stereocenters. The molecule has 6 heteroatoms. The minimum absolute atomic E-state index is 0.244. The number of rotatable bonds is 2. The molecule has 4 nitrogen and oxygen atoms in total. The van der Waals surface area contributed by atoms with Crippen LogP contribution in [0.1, 0.15) is 20.9 Å². The van der Waals surface area contributed by atoms with E-state index in [9.17, 15) is 4.79 Å². The molecule has 17 heavy (non-hydrogen) atoms. The van der Waals surface area contributed by atoms with E-state index in [0.717, 1.165) is 22.8 Å². The van der Waals surface area contributed by atoms with Crippen LogP contribution in [0.2, 0.25) is 5.15 Å². The van der Waals surface area contributed by atoms with Crippen LogP contribution in [0.4, 0.5) is 5.82 Å². The maximum atomic E-state index is 11.8. The van der Waals surface area contributed by atoms with Gasteiger partial charge in [-0.2, -0.15) is 4.37 Å². The summed E-state index contributed by atoms with van der Waals surface area (Å²) in [6, 6.07) is 5.29. The van der Waals surface area contributed by atoms with Crippen molar-refractivity contribution in [2.24, 2.45) is 0 Å². The summed E-state index contributed by atoms with van der Waals surface area (Å²) in [5.41, 5.74) is 1.91. The predicted octanol–water partition coefficient (Wildman–Crippen LogP) is 3.06. The van der Waals surface area contributed by atoms with E-state index in [1.54, 1.807) is 0 Å². The number of carbonyl (C=O) groups is 1. The van der Waals surface area contributed by atoms with Crippen LogP contribution in [0.3, 0.4) is 0 Å². The van der Waals surface area contributed by atoms with Crippen LogP contribution in [-0.4, -0.2) is 15.3 Å². The molecule has 2 aromatic rings. The number of hydrogen-bond acceptors (Lipinski definition) is 4. The minimum atomic E-state index is -0.244. The SMILES string of the molecule is Cc1cc(C)nc(NC(=O)c2cc(Cl)ns2)c1. The van der Waals surface area contributed by atoms with E-state index in [4.69, 9.17) is 11.6 Å². The lowest BCUT2D eigenvalue weighted by Gasteiger charge is -2.04. The Morgan fingerprint density at radius 3 is 2.71 bits per heavy atom. The Hall–Kier alpha value is -1.46. The van der Waals surface area contributed by atoms with Crippen LogP contribution >= 0.6 is 23.1 Å². The van der Waals surface area contributed by atoms with Gasteiger partial charge in [-0.15, -0.1) is 0 Å². The average Bonchev–Trinajstić information content (AvgIpc) is 2.63. The third-order valence-electron chi connectivity index (χ3n) is 2.04. The van der Waals surface area contributed by atoms with E-state index < -0.39 is 0 Å². The molecule has 88 valence electrons. The fourth-order valence-corrected chi connectivity index (χ4v) is 2.26. The molecule has 0 aliphatic heterocycles. The van der Waals surface area contributed by atoms with Crippen molar-refractivity contribution >= 4 is 34.9 Å². The molecule has 2 heterocycles. The Labute approximate surface area is 108 Å². The maximum absolute atomic E-state index is 11.8. The largest absolute Gasteiger partial charge is 0.306 e. The summed E-state index contributed by atoms with van der Waals surface area (Å²) in [5.74, 6) is 0.295. The molecule has 0 spiro atoms. The highest BCUT2D eigenvalue weighted by Gasteiger charge is 2.10. The number of carbonyl (C=O) groups excluding carboxylic acids is 1. The molecule has 0 aromatic carbocycles. The van der Waals surface area contributed by atoms with E-state index in [1.807, 2.05) is 26.0 Å². The molecule has 1 amide bonds. The summed E-state index contributed by atoms with van der Waals surface area (Å²) in [6.45, 7) is 3.83. The Bertz CT molecular complexity index is 547. The number of amides is 1. The van der Waals surface area contributed by atoms with Gasteiger partial charge in [0, 0.05) is 11.8 Å². The number of nitrogens with one attached hydrogen (secondary N) is 1. The molecule has 0 saturated carbocycles. The number of pyridine rings is 1. The van der Waals surface area contributed by atoms with Crippen molar-refractivity contribution in [2.75, 3.05) is 5.32 Å². The second-order valence-electron chi connectivity index (χ2n) is 3.64. The second-order valence-corrected chi connectivity index (χ2v) is 4.83. The third-order valence-corrected chi connectivity index (χ3v) is 3.13. The smallest absolute Gasteiger partial charge is 0.268 e. The average molecular weight is 268 g/mol. The zero-order valence-corrected chi connectivity index (χ0v) is 10.9. The highest BCUT2D eigenvalue weighted by molar-refractivity contribution is 7.08. The van der Waals surface area contributed by atoms with Crippen LogP contribution in [0, 0.1) is 13.8 Å². The van der Waals surface area contributed by atoms with Gasteiger partial charge in [0.25, 0.3) is 5.91 Å². The molecule has 0 aliphatic rings. The molecular weight excluding hydrogens is 258 g/mol. The minimum Gasteiger partial charge on any atom is -0.306 e. The summed E-state index contributed by atoms with van der Waals surface area (Å²) < 4.78 is 3.84. The van der Waals surface area contributed by atoms with Crippen LogP contribution in [0.15, 0.2) is 18.2 Å². The summed E-state index contributed by atoms with van der Waals surface area (Å²) in [7, 11) is 0. The predicted molar refractivity (Wildman–Crippen MR) is 68.8 cm³/mol. The summed E-state index contributed by atoms with van der Waals surface area (Å²) in [4.78, 5) is 16.5. The highest BCUT2D eigenvalue weighted by Crippen LogP contribution is 2.16. The quantitative estimate of drug-likeness (QED) is 0.910. The van der Waals surface area contributed by atoms with Crippen molar-refractivity contribution in [3.05, 3.63) is 39.5 Å². The van der Waals surface area contributed by atoms with Gasteiger partial charge in [0.15, 0.2) is 0 Å². The van der Waals surface area contributed by atoms with Crippen LogP contribution in [-0.2, 0) is 0 Å². The first-order valence-corrected chi connectivity index (χ1v) is 6.08. The van der Waals surface area contributed by atoms with Gasteiger partial charge in [0.2, 0.25) is 0 Å². The van der Waals surface area contributed by atoms with Gasteiger partial charge >= 0.3 is 0 Å². The highest BCUT2D eigenvalue weighted by atomic mass is 35.5. The summed E-state index contributed by atoms with van der Waals surface area (Å²) in [6.07, 6.45) is 0. The second kappa shape index (κ2) is 4.81. The lowest BCUT2D eigenvalue weighted by molar-refractivity contribution is 0.103. The zero-order valence-electron chi connectivity index (χ0n) is 9.32. The molecule has 0 saturated heterocycles. The molecule has 1 N–H and O–H groups in total. The van der Waals surface area contributed by atoms with Crippen LogP contribution < -0.4 is 5.32 Å². The van der Waals surface area contributed by atoms with Gasteiger partial charge in [0.1, 0.15) is 15.8 Å². The zero-order chi connectivity index (χ0) is 12.4. The Balaban J connectivity index is 2.18. The molecule has 2 rings (SSSR count). The maximum Gasteiger partial charge on any atom is 0.268 e. The van der Waals surface area contributed by atoms with Gasteiger partial charge in [-0.3, -0.25) is 4.79 Å². The summed E-state index contributed by atoms with van der Waals surface area (Å²) >= 11 is 6.73. The normalized spacial score (nSPS) is 10.3. The van der Waals surface area contributed by atoms with Crippen LogP contribution in [0.5, 0.6) is 0 Å². The number of anilines is 1.